The Morgan fingerprint density at radius 1 is 1.39 bits per heavy atom. The molecule has 0 saturated heterocycles. The zero-order valence-corrected chi connectivity index (χ0v) is 9.09. The summed E-state index contributed by atoms with van der Waals surface area (Å²) in [6.45, 7) is 0.0628. The second kappa shape index (κ2) is 5.04. The van der Waals surface area contributed by atoms with E-state index in [0.29, 0.717) is 4.68 Å². The maximum Gasteiger partial charge on any atom is 0.491 e. The highest BCUT2D eigenvalue weighted by Gasteiger charge is 2.18. The molecule has 1 aromatic heterocycles. The average molecular weight is 248 g/mol. The van der Waals surface area contributed by atoms with E-state index in [4.69, 9.17) is 4.74 Å². The first-order chi connectivity index (χ1) is 8.66. The lowest BCUT2D eigenvalue weighted by Crippen LogP contribution is -2.14. The minimum Gasteiger partial charge on any atom is -0.442 e. The minimum absolute atomic E-state index is 0.0628. The smallest absolute Gasteiger partial charge is 0.442 e. The molecule has 0 spiro atoms. The Kier molecular flexibility index (Phi) is 3.28. The normalized spacial score (nSPS) is 10.0. The summed E-state index contributed by atoms with van der Waals surface area (Å²) in [4.78, 5) is 24.4. The van der Waals surface area contributed by atoms with Gasteiger partial charge in [0.1, 0.15) is 6.61 Å². The highest BCUT2D eigenvalue weighted by molar-refractivity contribution is 5.69. The van der Waals surface area contributed by atoms with Crippen LogP contribution in [0.5, 0.6) is 0 Å². The molecule has 0 aliphatic rings. The van der Waals surface area contributed by atoms with Crippen molar-refractivity contribution in [2.24, 2.45) is 0 Å². The van der Waals surface area contributed by atoms with Gasteiger partial charge in [-0.1, -0.05) is 40.0 Å². The zero-order valence-electron chi connectivity index (χ0n) is 9.09. The van der Waals surface area contributed by atoms with Crippen molar-refractivity contribution in [2.75, 3.05) is 0 Å². The van der Waals surface area contributed by atoms with E-state index >= 15 is 0 Å². The second-order valence-electron chi connectivity index (χ2n) is 3.29. The lowest BCUT2D eigenvalue weighted by Gasteiger charge is -2.01. The van der Waals surface area contributed by atoms with E-state index in [1.807, 2.05) is 18.2 Å². The van der Waals surface area contributed by atoms with Crippen LogP contribution < -0.4 is 0 Å². The monoisotopic (exact) mass is 248 g/mol. The van der Waals surface area contributed by atoms with Gasteiger partial charge < -0.3 is 14.9 Å². The molecule has 2 aromatic rings. The molecule has 0 atom stereocenters. The molecule has 8 nitrogen and oxygen atoms in total. The van der Waals surface area contributed by atoms with Crippen LogP contribution in [0.4, 0.5) is 10.7 Å². The molecule has 0 N–H and O–H groups in total. The average Bonchev–Trinajstić information content (AvgIpc) is 2.87. The number of benzene rings is 1. The molecule has 1 heterocycles. The molecule has 0 aliphatic carbocycles. The molecule has 0 bridgehead atoms. The highest BCUT2D eigenvalue weighted by Crippen LogP contribution is 2.03. The number of hydrogen-bond acceptors (Lipinski definition) is 6. The Hall–Kier alpha value is -2.77. The van der Waals surface area contributed by atoms with Crippen molar-refractivity contribution in [1.82, 2.24) is 14.8 Å². The van der Waals surface area contributed by atoms with Gasteiger partial charge in [0.05, 0.1) is 0 Å². The van der Waals surface area contributed by atoms with Crippen LogP contribution in [0.2, 0.25) is 0 Å². The van der Waals surface area contributed by atoms with Crippen molar-refractivity contribution in [2.45, 2.75) is 6.61 Å². The van der Waals surface area contributed by atoms with E-state index < -0.39 is 17.0 Å². The molecule has 1 aromatic carbocycles. The summed E-state index contributed by atoms with van der Waals surface area (Å²) in [6.07, 6.45) is 0.116. The van der Waals surface area contributed by atoms with Crippen LogP contribution in [0.1, 0.15) is 5.56 Å². The van der Waals surface area contributed by atoms with Crippen LogP contribution in [0.15, 0.2) is 36.7 Å². The van der Waals surface area contributed by atoms with E-state index in [1.165, 1.54) is 0 Å². The zero-order chi connectivity index (χ0) is 13.0. The lowest BCUT2D eigenvalue weighted by atomic mass is 10.2. The van der Waals surface area contributed by atoms with Crippen molar-refractivity contribution in [1.29, 1.82) is 0 Å². The Balaban J connectivity index is 1.97. The summed E-state index contributed by atoms with van der Waals surface area (Å²) in [7, 11) is 0. The molecular formula is C10H8N4O4. The SMILES string of the molecule is O=C(OCc1ccccc1)n1cnc([N+](=O)[O-])n1. The number of nitrogens with zero attached hydrogens (tertiary/aromatic N) is 4. The molecule has 0 radical (unpaired) electrons. The molecule has 2 rings (SSSR count). The first-order valence-electron chi connectivity index (χ1n) is 4.94. The van der Waals surface area contributed by atoms with Gasteiger partial charge in [0.25, 0.3) is 0 Å². The predicted octanol–water partition coefficient (Wildman–Crippen LogP) is 1.37. The van der Waals surface area contributed by atoms with E-state index in [2.05, 4.69) is 10.1 Å². The van der Waals surface area contributed by atoms with Gasteiger partial charge in [-0.15, -0.1) is 0 Å². The number of hydrogen-bond donors (Lipinski definition) is 0. The van der Waals surface area contributed by atoms with Gasteiger partial charge in [-0.2, -0.15) is 0 Å². The van der Waals surface area contributed by atoms with Gasteiger partial charge >= 0.3 is 12.0 Å². The van der Waals surface area contributed by atoms with Crippen molar-refractivity contribution >= 4 is 12.0 Å². The minimum atomic E-state index is -0.820. The third kappa shape index (κ3) is 2.67. The van der Waals surface area contributed by atoms with E-state index in [0.717, 1.165) is 11.9 Å². The molecule has 0 aliphatic heterocycles. The summed E-state index contributed by atoms with van der Waals surface area (Å²) >= 11 is 0. The summed E-state index contributed by atoms with van der Waals surface area (Å²) in [5.41, 5.74) is 0.806. The molecule has 18 heavy (non-hydrogen) atoms. The Morgan fingerprint density at radius 2 is 2.11 bits per heavy atom. The van der Waals surface area contributed by atoms with Gasteiger partial charge in [0, 0.05) is 5.10 Å². The summed E-state index contributed by atoms with van der Waals surface area (Å²) < 4.78 is 5.59. The first-order valence-corrected chi connectivity index (χ1v) is 4.94. The van der Waals surface area contributed by atoms with Crippen LogP contribution in [0.3, 0.4) is 0 Å². The predicted molar refractivity (Wildman–Crippen MR) is 58.7 cm³/mol. The standard InChI is InChI=1S/C10H8N4O4/c15-10(13-7-11-9(12-13)14(16)17)18-6-8-4-2-1-3-5-8/h1-5,7H,6H2. The Bertz CT molecular complexity index is 566. The molecule has 0 unspecified atom stereocenters. The maximum atomic E-state index is 11.5. The van der Waals surface area contributed by atoms with Crippen molar-refractivity contribution in [3.63, 3.8) is 0 Å². The van der Waals surface area contributed by atoms with Crippen LogP contribution in [0.25, 0.3) is 0 Å². The number of ether oxygens (including phenoxy) is 1. The van der Waals surface area contributed by atoms with Crippen LogP contribution in [0, 0.1) is 10.1 Å². The number of rotatable bonds is 3. The fourth-order valence-electron chi connectivity index (χ4n) is 1.21. The van der Waals surface area contributed by atoms with Gasteiger partial charge in [-0.05, 0) is 10.5 Å². The number of nitro groups is 1. The van der Waals surface area contributed by atoms with Gasteiger partial charge in [0.2, 0.25) is 6.33 Å². The first kappa shape index (κ1) is 11.7. The number of carbonyl (C=O) groups excluding carboxylic acids is 1. The summed E-state index contributed by atoms with van der Waals surface area (Å²) in [6, 6.07) is 9.03. The second-order valence-corrected chi connectivity index (χ2v) is 3.29. The van der Waals surface area contributed by atoms with Gasteiger partial charge in [-0.3, -0.25) is 0 Å². The van der Waals surface area contributed by atoms with E-state index in [-0.39, 0.29) is 6.61 Å². The molecule has 8 heteroatoms. The van der Waals surface area contributed by atoms with Crippen LogP contribution in [-0.2, 0) is 11.3 Å². The van der Waals surface area contributed by atoms with Crippen molar-refractivity contribution in [3.05, 3.63) is 52.3 Å². The third-order valence-corrected chi connectivity index (χ3v) is 2.04. The number of carbonyl (C=O) groups is 1. The molecule has 92 valence electrons. The van der Waals surface area contributed by atoms with Crippen molar-refractivity contribution < 1.29 is 14.5 Å². The Morgan fingerprint density at radius 3 is 2.72 bits per heavy atom. The van der Waals surface area contributed by atoms with Gasteiger partial charge in [0.15, 0.2) is 0 Å². The van der Waals surface area contributed by atoms with E-state index in [9.17, 15) is 14.9 Å². The molecule has 0 amide bonds. The third-order valence-electron chi connectivity index (χ3n) is 2.04. The maximum absolute atomic E-state index is 11.5. The summed E-state index contributed by atoms with van der Waals surface area (Å²) in [5, 5.41) is 13.7. The molecule has 0 saturated carbocycles. The lowest BCUT2D eigenvalue weighted by molar-refractivity contribution is -0.394. The molecule has 0 fully saturated rings. The number of aromatic nitrogens is 3. The fourth-order valence-corrected chi connectivity index (χ4v) is 1.21. The van der Waals surface area contributed by atoms with Crippen LogP contribution in [-0.4, -0.2) is 25.8 Å². The van der Waals surface area contributed by atoms with Crippen LogP contribution >= 0.6 is 0 Å². The largest absolute Gasteiger partial charge is 0.491 e. The highest BCUT2D eigenvalue weighted by atomic mass is 16.6. The topological polar surface area (TPSA) is 100 Å². The van der Waals surface area contributed by atoms with E-state index in [1.54, 1.807) is 12.1 Å². The van der Waals surface area contributed by atoms with Crippen molar-refractivity contribution in [3.8, 4) is 0 Å². The quantitative estimate of drug-likeness (QED) is 0.600. The fraction of sp³-hybridized carbons (Fsp3) is 0.100. The van der Waals surface area contributed by atoms with Gasteiger partial charge in [-0.25, -0.2) is 4.79 Å². The molecular weight excluding hydrogens is 240 g/mol. The summed E-state index contributed by atoms with van der Waals surface area (Å²) in [5.74, 6) is -0.647. The Labute approximate surface area is 101 Å².